The number of aliphatic hydroxyl groups excluding tert-OH is 1. The topological polar surface area (TPSA) is 101 Å². The maximum atomic E-state index is 11.4. The van der Waals surface area contributed by atoms with Crippen molar-refractivity contribution in [2.24, 2.45) is 0 Å². The van der Waals surface area contributed by atoms with E-state index in [2.05, 4.69) is 11.3 Å². The number of hydrogen-bond donors (Lipinski definition) is 2. The fourth-order valence-electron chi connectivity index (χ4n) is 1.17. The molecule has 6 nitrogen and oxygen atoms in total. The van der Waals surface area contributed by atoms with Gasteiger partial charge in [0.05, 0.1) is 4.90 Å². The Morgan fingerprint density at radius 3 is 2.50 bits per heavy atom. The monoisotopic (exact) mass is 291 g/mol. The maximum Gasteiger partial charge on any atom is 0.233 e. The van der Waals surface area contributed by atoms with E-state index in [1.165, 1.54) is 18.2 Å². The second-order valence-electron chi connectivity index (χ2n) is 3.42. The molecule has 0 radical (unpaired) electrons. The molecule has 0 bridgehead atoms. The van der Waals surface area contributed by atoms with Gasteiger partial charge in [0, 0.05) is 12.0 Å². The average Bonchev–Trinajstić information content (AvgIpc) is 2.37. The molecule has 0 aromatic heterocycles. The Hall–Kier alpha value is -1.22. The summed E-state index contributed by atoms with van der Waals surface area (Å²) in [6, 6.07) is 5.68. The van der Waals surface area contributed by atoms with Gasteiger partial charge in [0.15, 0.2) is 0 Å². The number of hydrogen-bond acceptors (Lipinski definition) is 5. The molecule has 2 N–H and O–H groups in total. The van der Waals surface area contributed by atoms with Crippen molar-refractivity contribution in [3.63, 3.8) is 0 Å². The minimum absolute atomic E-state index is 0.0524. The largest absolute Gasteiger partial charge is 0.380 e. The van der Waals surface area contributed by atoms with E-state index < -0.39 is 25.8 Å². The molecule has 18 heavy (non-hydrogen) atoms. The fraction of sp³-hybridized carbons (Fsp3) is 0.200. The third-order valence-electron chi connectivity index (χ3n) is 2.12. The van der Waals surface area contributed by atoms with E-state index in [1.54, 1.807) is 6.07 Å². The Labute approximate surface area is 106 Å². The number of sulfone groups is 1. The van der Waals surface area contributed by atoms with Gasteiger partial charge in [-0.1, -0.05) is 18.7 Å². The van der Waals surface area contributed by atoms with E-state index in [0.29, 0.717) is 5.56 Å². The summed E-state index contributed by atoms with van der Waals surface area (Å²) in [4.78, 5) is -0.0553. The summed E-state index contributed by atoms with van der Waals surface area (Å²) in [5, 5.41) is 9.49. The molecule has 0 heterocycles. The van der Waals surface area contributed by atoms with Crippen molar-refractivity contribution in [1.82, 2.24) is 4.72 Å². The molecule has 0 aliphatic heterocycles. The normalized spacial score (nSPS) is 12.3. The summed E-state index contributed by atoms with van der Waals surface area (Å²) in [7, 11) is -7.28. The molecule has 0 atom stereocenters. The minimum atomic E-state index is -3.72. The molecule has 0 aliphatic carbocycles. The third kappa shape index (κ3) is 3.91. The number of aliphatic hydroxyl groups is 1. The average molecular weight is 291 g/mol. The van der Waals surface area contributed by atoms with Crippen LogP contribution in [0.2, 0.25) is 0 Å². The molecule has 0 fully saturated rings. The lowest BCUT2D eigenvalue weighted by Crippen LogP contribution is -2.20. The molecule has 0 saturated carbocycles. The Bertz CT molecular complexity index is 634. The van der Waals surface area contributed by atoms with Crippen LogP contribution in [0.4, 0.5) is 0 Å². The standard InChI is InChI=1S/C10H13NO5S2/c1-2-18(15,16)11-7-9-4-3-5-10(6-9)17(13,14)8-12/h2-6,11-12H,1,7-8H2. The van der Waals surface area contributed by atoms with E-state index in [4.69, 9.17) is 5.11 Å². The number of benzene rings is 1. The van der Waals surface area contributed by atoms with Crippen molar-refractivity contribution in [2.45, 2.75) is 11.4 Å². The second-order valence-corrected chi connectivity index (χ2v) is 7.10. The lowest BCUT2D eigenvalue weighted by molar-refractivity contribution is 0.358. The molecular formula is C10H13NO5S2. The van der Waals surface area contributed by atoms with Gasteiger partial charge in [0.25, 0.3) is 0 Å². The molecule has 1 rings (SSSR count). The van der Waals surface area contributed by atoms with Gasteiger partial charge in [-0.15, -0.1) is 0 Å². The first-order valence-corrected chi connectivity index (χ1v) is 8.05. The van der Waals surface area contributed by atoms with Crippen LogP contribution in [-0.4, -0.2) is 27.9 Å². The first kappa shape index (κ1) is 14.8. The first-order chi connectivity index (χ1) is 8.30. The SMILES string of the molecule is C=CS(=O)(=O)NCc1cccc(S(=O)(=O)CO)c1. The lowest BCUT2D eigenvalue weighted by atomic mass is 10.2. The van der Waals surface area contributed by atoms with Crippen molar-refractivity contribution in [3.05, 3.63) is 41.8 Å². The number of rotatable bonds is 6. The molecule has 1 aromatic rings. The summed E-state index contributed by atoms with van der Waals surface area (Å²) >= 11 is 0. The van der Waals surface area contributed by atoms with Crippen LogP contribution in [-0.2, 0) is 26.4 Å². The van der Waals surface area contributed by atoms with Gasteiger partial charge >= 0.3 is 0 Å². The Morgan fingerprint density at radius 1 is 1.28 bits per heavy atom. The predicted molar refractivity (Wildman–Crippen MR) is 66.7 cm³/mol. The second kappa shape index (κ2) is 5.61. The Kier molecular flexibility index (Phi) is 4.63. The van der Waals surface area contributed by atoms with Gasteiger partial charge in [-0.2, -0.15) is 0 Å². The zero-order valence-corrected chi connectivity index (χ0v) is 11.0. The molecule has 0 unspecified atom stereocenters. The fourth-order valence-corrected chi connectivity index (χ4v) is 2.42. The van der Waals surface area contributed by atoms with E-state index >= 15 is 0 Å². The molecule has 0 aliphatic rings. The van der Waals surface area contributed by atoms with Gasteiger partial charge in [-0.25, -0.2) is 21.6 Å². The summed E-state index contributed by atoms with van der Waals surface area (Å²) < 4.78 is 47.3. The zero-order valence-electron chi connectivity index (χ0n) is 9.40. The molecule has 0 amide bonds. The van der Waals surface area contributed by atoms with Crippen molar-refractivity contribution >= 4 is 19.9 Å². The number of sulfonamides is 1. The first-order valence-electron chi connectivity index (χ1n) is 4.85. The van der Waals surface area contributed by atoms with Crippen molar-refractivity contribution in [2.75, 3.05) is 5.94 Å². The molecular weight excluding hydrogens is 278 g/mol. The summed E-state index contributed by atoms with van der Waals surface area (Å²) in [6.45, 7) is 3.08. The third-order valence-corrected chi connectivity index (χ3v) is 4.42. The molecule has 100 valence electrons. The quantitative estimate of drug-likeness (QED) is 0.766. The smallest absolute Gasteiger partial charge is 0.233 e. The van der Waals surface area contributed by atoms with Crippen LogP contribution < -0.4 is 4.72 Å². The van der Waals surface area contributed by atoms with Gasteiger partial charge < -0.3 is 5.11 Å². The Morgan fingerprint density at radius 2 is 1.94 bits per heavy atom. The highest BCUT2D eigenvalue weighted by Crippen LogP contribution is 2.12. The van der Waals surface area contributed by atoms with Crippen molar-refractivity contribution in [1.29, 1.82) is 0 Å². The van der Waals surface area contributed by atoms with Gasteiger partial charge in [-0.05, 0) is 17.7 Å². The summed E-state index contributed by atoms with van der Waals surface area (Å²) in [5.41, 5.74) is 0.468. The molecule has 0 spiro atoms. The van der Waals surface area contributed by atoms with Crippen LogP contribution in [0, 0.1) is 0 Å². The van der Waals surface area contributed by atoms with Crippen LogP contribution in [0.15, 0.2) is 41.1 Å². The van der Waals surface area contributed by atoms with Crippen molar-refractivity contribution in [3.8, 4) is 0 Å². The van der Waals surface area contributed by atoms with E-state index in [-0.39, 0.29) is 11.4 Å². The minimum Gasteiger partial charge on any atom is -0.380 e. The Balaban J connectivity index is 2.94. The summed E-state index contributed by atoms with van der Waals surface area (Å²) in [6.07, 6.45) is 0. The molecule has 0 saturated heterocycles. The highest BCUT2D eigenvalue weighted by atomic mass is 32.2. The predicted octanol–water partition coefficient (Wildman–Crippen LogP) is -0.0270. The highest BCUT2D eigenvalue weighted by Gasteiger charge is 2.13. The van der Waals surface area contributed by atoms with Gasteiger partial charge in [-0.3, -0.25) is 0 Å². The molecule has 1 aromatic carbocycles. The molecule has 8 heteroatoms. The summed E-state index contributed by atoms with van der Waals surface area (Å²) in [5.74, 6) is -0.991. The van der Waals surface area contributed by atoms with Crippen molar-refractivity contribution < 1.29 is 21.9 Å². The van der Waals surface area contributed by atoms with Crippen LogP contribution in [0.1, 0.15) is 5.56 Å². The highest BCUT2D eigenvalue weighted by molar-refractivity contribution is 7.92. The van der Waals surface area contributed by atoms with Crippen LogP contribution in [0.5, 0.6) is 0 Å². The lowest BCUT2D eigenvalue weighted by Gasteiger charge is -2.05. The van der Waals surface area contributed by atoms with Crippen LogP contribution in [0.25, 0.3) is 0 Å². The van der Waals surface area contributed by atoms with Gasteiger partial charge in [0.2, 0.25) is 19.9 Å². The van der Waals surface area contributed by atoms with Gasteiger partial charge in [0.1, 0.15) is 5.94 Å². The van der Waals surface area contributed by atoms with Crippen LogP contribution >= 0.6 is 0 Å². The van der Waals surface area contributed by atoms with E-state index in [0.717, 1.165) is 5.41 Å². The maximum absolute atomic E-state index is 11.4. The van der Waals surface area contributed by atoms with E-state index in [1.807, 2.05) is 0 Å². The van der Waals surface area contributed by atoms with Crippen LogP contribution in [0.3, 0.4) is 0 Å². The van der Waals surface area contributed by atoms with E-state index in [9.17, 15) is 16.8 Å². The number of nitrogens with one attached hydrogen (secondary N) is 1. The zero-order chi connectivity index (χ0) is 13.8.